The molecule has 5 heteroatoms. The van der Waals surface area contributed by atoms with Gasteiger partial charge in [0.25, 0.3) is 0 Å². The van der Waals surface area contributed by atoms with Crippen LogP contribution in [0.2, 0.25) is 0 Å². The van der Waals surface area contributed by atoms with E-state index in [0.717, 1.165) is 12.1 Å². The maximum Gasteiger partial charge on any atom is 0.138 e. The zero-order chi connectivity index (χ0) is 15.3. The van der Waals surface area contributed by atoms with E-state index in [2.05, 4.69) is 24.5 Å². The van der Waals surface area contributed by atoms with E-state index in [-0.39, 0.29) is 17.8 Å². The average molecular weight is 326 g/mol. The molecular formula is C17H26ClN2O2-. The number of hydrogen-bond donors (Lipinski definition) is 2. The number of rotatable bonds is 5. The lowest BCUT2D eigenvalue weighted by Crippen LogP contribution is -2.40. The summed E-state index contributed by atoms with van der Waals surface area (Å²) in [6.07, 6.45) is 5.18. The molecule has 0 aliphatic heterocycles. The third-order valence-corrected chi connectivity index (χ3v) is 4.33. The van der Waals surface area contributed by atoms with Gasteiger partial charge in [0.05, 0.1) is 0 Å². The van der Waals surface area contributed by atoms with Gasteiger partial charge in [0, 0.05) is 23.7 Å². The summed E-state index contributed by atoms with van der Waals surface area (Å²) in [5.41, 5.74) is 1.47. The van der Waals surface area contributed by atoms with Crippen molar-refractivity contribution in [2.75, 3.05) is 11.9 Å². The zero-order valence-electron chi connectivity index (χ0n) is 13.4. The highest BCUT2D eigenvalue weighted by atomic mass is 35.5. The van der Waals surface area contributed by atoms with Gasteiger partial charge in [0.15, 0.2) is 0 Å². The summed E-state index contributed by atoms with van der Waals surface area (Å²) in [4.78, 5) is 10.8. The van der Waals surface area contributed by atoms with Gasteiger partial charge in [0.1, 0.15) is 6.09 Å². The van der Waals surface area contributed by atoms with Crippen molar-refractivity contribution in [3.63, 3.8) is 0 Å². The van der Waals surface area contributed by atoms with E-state index in [9.17, 15) is 9.90 Å². The molecule has 1 fully saturated rings. The summed E-state index contributed by atoms with van der Waals surface area (Å²) < 4.78 is 0. The molecule has 1 aromatic rings. The monoisotopic (exact) mass is 325 g/mol. The second-order valence-corrected chi connectivity index (χ2v) is 6.56. The SMILES string of the molecule is CC(C)(CNC1CCCCC1)c1ccccc1NC(=O)[O-].Cl. The van der Waals surface area contributed by atoms with Gasteiger partial charge in [-0.3, -0.25) is 0 Å². The molecule has 1 aliphatic carbocycles. The lowest BCUT2D eigenvalue weighted by atomic mass is 9.82. The van der Waals surface area contributed by atoms with E-state index >= 15 is 0 Å². The molecule has 4 nitrogen and oxygen atoms in total. The Labute approximate surface area is 139 Å². The molecule has 0 aromatic heterocycles. The summed E-state index contributed by atoms with van der Waals surface area (Å²) in [5, 5.41) is 16.9. The molecule has 0 atom stereocenters. The fraction of sp³-hybridized carbons (Fsp3) is 0.588. The molecule has 2 N–H and O–H groups in total. The van der Waals surface area contributed by atoms with Gasteiger partial charge < -0.3 is 20.5 Å². The Bertz CT molecular complexity index is 485. The zero-order valence-corrected chi connectivity index (χ0v) is 14.2. The van der Waals surface area contributed by atoms with Crippen LogP contribution in [0.4, 0.5) is 10.5 Å². The third kappa shape index (κ3) is 5.18. The van der Waals surface area contributed by atoms with Crippen LogP contribution in [-0.4, -0.2) is 18.7 Å². The number of nitrogens with one attached hydrogen (secondary N) is 2. The van der Waals surface area contributed by atoms with Gasteiger partial charge in [-0.1, -0.05) is 51.3 Å². The van der Waals surface area contributed by atoms with Crippen LogP contribution in [0.15, 0.2) is 24.3 Å². The minimum absolute atomic E-state index is 0. The largest absolute Gasteiger partial charge is 0.530 e. The quantitative estimate of drug-likeness (QED) is 0.874. The first kappa shape index (κ1) is 18.8. The first-order chi connectivity index (χ1) is 9.99. The fourth-order valence-corrected chi connectivity index (χ4v) is 3.09. The van der Waals surface area contributed by atoms with E-state index in [1.807, 2.05) is 18.2 Å². The smallest absolute Gasteiger partial charge is 0.138 e. The number of hydrogen-bond acceptors (Lipinski definition) is 3. The average Bonchev–Trinajstić information content (AvgIpc) is 2.46. The highest BCUT2D eigenvalue weighted by Gasteiger charge is 2.25. The van der Waals surface area contributed by atoms with Crippen molar-refractivity contribution in [2.24, 2.45) is 0 Å². The Morgan fingerprint density at radius 2 is 1.86 bits per heavy atom. The Hall–Kier alpha value is -1.26. The van der Waals surface area contributed by atoms with Crippen molar-refractivity contribution < 1.29 is 9.90 Å². The molecular weight excluding hydrogens is 300 g/mol. The van der Waals surface area contributed by atoms with Gasteiger partial charge >= 0.3 is 0 Å². The molecule has 1 aromatic carbocycles. The number of carboxylic acid groups (broad SMARTS) is 1. The van der Waals surface area contributed by atoms with Crippen molar-refractivity contribution in [3.8, 4) is 0 Å². The minimum Gasteiger partial charge on any atom is -0.530 e. The molecule has 22 heavy (non-hydrogen) atoms. The van der Waals surface area contributed by atoms with Crippen LogP contribution in [0.25, 0.3) is 0 Å². The molecule has 0 radical (unpaired) electrons. The highest BCUT2D eigenvalue weighted by molar-refractivity contribution is 5.85. The topological polar surface area (TPSA) is 64.2 Å². The van der Waals surface area contributed by atoms with Gasteiger partial charge in [0.2, 0.25) is 0 Å². The second kappa shape index (κ2) is 8.39. The molecule has 1 saturated carbocycles. The standard InChI is InChI=1S/C17H26N2O2.ClH/c1-17(2,12-18-13-8-4-3-5-9-13)14-10-6-7-11-15(14)19-16(20)21;/h6-7,10-11,13,18-19H,3-5,8-9,12H2,1-2H3,(H,20,21);1H/p-1. The molecule has 1 amide bonds. The highest BCUT2D eigenvalue weighted by Crippen LogP contribution is 2.30. The molecule has 124 valence electrons. The van der Waals surface area contributed by atoms with E-state index in [4.69, 9.17) is 0 Å². The van der Waals surface area contributed by atoms with Crippen molar-refractivity contribution >= 4 is 24.2 Å². The molecule has 0 spiro atoms. The Kier molecular flexibility index (Phi) is 7.17. The van der Waals surface area contributed by atoms with Crippen LogP contribution >= 0.6 is 12.4 Å². The Morgan fingerprint density at radius 1 is 1.23 bits per heavy atom. The number of carbonyl (C=O) groups excluding carboxylic acids is 1. The Balaban J connectivity index is 0.00000242. The summed E-state index contributed by atoms with van der Waals surface area (Å²) in [6.45, 7) is 5.11. The van der Waals surface area contributed by atoms with E-state index in [1.165, 1.54) is 32.1 Å². The van der Waals surface area contributed by atoms with Gasteiger partial charge in [-0.25, -0.2) is 0 Å². The number of para-hydroxylation sites is 1. The van der Waals surface area contributed by atoms with E-state index in [1.54, 1.807) is 6.07 Å². The van der Waals surface area contributed by atoms with Gasteiger partial charge in [-0.2, -0.15) is 0 Å². The Morgan fingerprint density at radius 3 is 2.50 bits per heavy atom. The van der Waals surface area contributed by atoms with Crippen molar-refractivity contribution in [1.29, 1.82) is 0 Å². The predicted octanol–water partition coefficient (Wildman–Crippen LogP) is 3.06. The van der Waals surface area contributed by atoms with Crippen LogP contribution in [0.3, 0.4) is 0 Å². The van der Waals surface area contributed by atoms with Crippen LogP contribution in [0.5, 0.6) is 0 Å². The predicted molar refractivity (Wildman–Crippen MR) is 90.6 cm³/mol. The van der Waals surface area contributed by atoms with Crippen molar-refractivity contribution in [2.45, 2.75) is 57.4 Å². The summed E-state index contributed by atoms with van der Waals surface area (Å²) in [5.74, 6) is 0. The molecule has 0 saturated heterocycles. The van der Waals surface area contributed by atoms with Crippen LogP contribution in [0, 0.1) is 0 Å². The number of carbonyl (C=O) groups is 1. The number of anilines is 1. The van der Waals surface area contributed by atoms with E-state index < -0.39 is 6.09 Å². The van der Waals surface area contributed by atoms with E-state index in [0.29, 0.717) is 11.7 Å². The van der Waals surface area contributed by atoms with Gasteiger partial charge in [-0.15, -0.1) is 12.4 Å². The number of benzene rings is 1. The first-order valence-electron chi connectivity index (χ1n) is 7.80. The first-order valence-corrected chi connectivity index (χ1v) is 7.80. The normalized spacial score (nSPS) is 15.9. The molecule has 1 aliphatic rings. The maximum atomic E-state index is 10.8. The lowest BCUT2D eigenvalue weighted by Gasteiger charge is -2.32. The minimum atomic E-state index is -1.27. The van der Waals surface area contributed by atoms with Crippen LogP contribution in [0.1, 0.15) is 51.5 Å². The summed E-state index contributed by atoms with van der Waals surface area (Å²) in [7, 11) is 0. The third-order valence-electron chi connectivity index (χ3n) is 4.33. The molecule has 0 heterocycles. The second-order valence-electron chi connectivity index (χ2n) is 6.56. The molecule has 0 unspecified atom stereocenters. The number of amides is 1. The number of halogens is 1. The molecule has 0 bridgehead atoms. The van der Waals surface area contributed by atoms with Crippen molar-refractivity contribution in [3.05, 3.63) is 29.8 Å². The van der Waals surface area contributed by atoms with Crippen molar-refractivity contribution in [1.82, 2.24) is 5.32 Å². The van der Waals surface area contributed by atoms with Crippen LogP contribution in [-0.2, 0) is 5.41 Å². The molecule has 2 rings (SSSR count). The fourth-order valence-electron chi connectivity index (χ4n) is 3.09. The van der Waals surface area contributed by atoms with Gasteiger partial charge in [-0.05, 0) is 24.5 Å². The summed E-state index contributed by atoms with van der Waals surface area (Å²) >= 11 is 0. The summed E-state index contributed by atoms with van der Waals surface area (Å²) in [6, 6.07) is 8.14. The van der Waals surface area contributed by atoms with Crippen LogP contribution < -0.4 is 15.7 Å². The lowest BCUT2D eigenvalue weighted by molar-refractivity contribution is -0.242. The maximum absolute atomic E-state index is 10.8.